The number of thioether (sulfide) groups is 1. The Morgan fingerprint density at radius 1 is 1.12 bits per heavy atom. The van der Waals surface area contributed by atoms with E-state index in [0.717, 1.165) is 38.9 Å². The largest absolute Gasteiger partial charge is 0.371 e. The van der Waals surface area contributed by atoms with Gasteiger partial charge in [0.2, 0.25) is 5.91 Å². The SMILES string of the molecule is O=C(NCCCN1CCc2ccccc21)[C@@H]1Cc2ccccc2S1. The molecule has 0 aliphatic carbocycles. The van der Waals surface area contributed by atoms with Gasteiger partial charge in [-0.2, -0.15) is 0 Å². The molecule has 0 spiro atoms. The molecule has 124 valence electrons. The van der Waals surface area contributed by atoms with E-state index >= 15 is 0 Å². The number of fused-ring (bicyclic) bond motifs is 2. The van der Waals surface area contributed by atoms with E-state index in [0.29, 0.717) is 0 Å². The smallest absolute Gasteiger partial charge is 0.233 e. The predicted molar refractivity (Wildman–Crippen MR) is 99.8 cm³/mol. The zero-order chi connectivity index (χ0) is 16.4. The Kier molecular flexibility index (Phi) is 4.48. The molecule has 4 rings (SSSR count). The third kappa shape index (κ3) is 3.16. The first-order valence-electron chi connectivity index (χ1n) is 8.66. The molecule has 0 bridgehead atoms. The van der Waals surface area contributed by atoms with Gasteiger partial charge in [0.1, 0.15) is 0 Å². The molecule has 0 aromatic heterocycles. The van der Waals surface area contributed by atoms with Crippen LogP contribution in [0.25, 0.3) is 0 Å². The highest BCUT2D eigenvalue weighted by Gasteiger charge is 2.27. The molecule has 0 saturated carbocycles. The number of carbonyl (C=O) groups is 1. The first-order valence-corrected chi connectivity index (χ1v) is 9.54. The summed E-state index contributed by atoms with van der Waals surface area (Å²) in [6.07, 6.45) is 2.98. The maximum absolute atomic E-state index is 12.4. The number of amides is 1. The summed E-state index contributed by atoms with van der Waals surface area (Å²) in [5.74, 6) is 0.179. The van der Waals surface area contributed by atoms with Crippen LogP contribution in [0.5, 0.6) is 0 Å². The number of para-hydroxylation sites is 1. The lowest BCUT2D eigenvalue weighted by Crippen LogP contribution is -2.34. The van der Waals surface area contributed by atoms with Gasteiger partial charge in [-0.25, -0.2) is 0 Å². The third-order valence-corrected chi connectivity index (χ3v) is 6.14. The number of benzene rings is 2. The van der Waals surface area contributed by atoms with Crippen molar-refractivity contribution < 1.29 is 4.79 Å². The quantitative estimate of drug-likeness (QED) is 0.849. The van der Waals surface area contributed by atoms with Gasteiger partial charge < -0.3 is 10.2 Å². The molecule has 2 aromatic rings. The minimum atomic E-state index is 0.0370. The standard InChI is InChI=1S/C20H22N2OS/c23-20(19-14-16-7-2-4-9-18(16)24-19)21-11-5-12-22-13-10-15-6-1-3-8-17(15)22/h1-4,6-9,19H,5,10-14H2,(H,21,23)/t19-/m0/s1. The minimum absolute atomic E-state index is 0.0370. The highest BCUT2D eigenvalue weighted by molar-refractivity contribution is 8.01. The van der Waals surface area contributed by atoms with Gasteiger partial charge in [-0.15, -0.1) is 11.8 Å². The van der Waals surface area contributed by atoms with Crippen molar-refractivity contribution in [2.75, 3.05) is 24.5 Å². The maximum Gasteiger partial charge on any atom is 0.233 e. The van der Waals surface area contributed by atoms with Gasteiger partial charge in [0, 0.05) is 30.2 Å². The fourth-order valence-corrected chi connectivity index (χ4v) is 4.78. The molecule has 0 saturated heterocycles. The topological polar surface area (TPSA) is 32.3 Å². The second-order valence-electron chi connectivity index (χ2n) is 6.43. The van der Waals surface area contributed by atoms with Crippen molar-refractivity contribution in [3.8, 4) is 0 Å². The van der Waals surface area contributed by atoms with Gasteiger partial charge in [-0.05, 0) is 42.5 Å². The molecule has 0 unspecified atom stereocenters. The average molecular weight is 338 g/mol. The molecule has 0 radical (unpaired) electrons. The summed E-state index contributed by atoms with van der Waals surface area (Å²) in [6.45, 7) is 2.86. The first-order chi connectivity index (χ1) is 11.8. The molecule has 2 aliphatic rings. The summed E-state index contributed by atoms with van der Waals surface area (Å²) in [6, 6.07) is 17.0. The Labute approximate surface area is 147 Å². The van der Waals surface area contributed by atoms with E-state index in [4.69, 9.17) is 0 Å². The number of anilines is 1. The molecule has 4 heteroatoms. The molecule has 24 heavy (non-hydrogen) atoms. The number of nitrogens with zero attached hydrogens (tertiary/aromatic N) is 1. The van der Waals surface area contributed by atoms with Crippen LogP contribution in [0, 0.1) is 0 Å². The van der Waals surface area contributed by atoms with Crippen molar-refractivity contribution >= 4 is 23.4 Å². The van der Waals surface area contributed by atoms with Crippen LogP contribution < -0.4 is 10.2 Å². The molecule has 1 atom stereocenters. The van der Waals surface area contributed by atoms with Gasteiger partial charge in [0.25, 0.3) is 0 Å². The van der Waals surface area contributed by atoms with E-state index in [2.05, 4.69) is 46.6 Å². The van der Waals surface area contributed by atoms with E-state index < -0.39 is 0 Å². The molecule has 2 aliphatic heterocycles. The van der Waals surface area contributed by atoms with Crippen LogP contribution in [0.4, 0.5) is 5.69 Å². The zero-order valence-corrected chi connectivity index (χ0v) is 14.5. The summed E-state index contributed by atoms with van der Waals surface area (Å²) in [4.78, 5) is 16.1. The van der Waals surface area contributed by atoms with Crippen LogP contribution in [0.1, 0.15) is 17.5 Å². The highest BCUT2D eigenvalue weighted by atomic mass is 32.2. The van der Waals surface area contributed by atoms with Crippen LogP contribution in [0.2, 0.25) is 0 Å². The van der Waals surface area contributed by atoms with Gasteiger partial charge in [0.05, 0.1) is 5.25 Å². The van der Waals surface area contributed by atoms with E-state index in [1.807, 2.05) is 12.1 Å². The fraction of sp³-hybridized carbons (Fsp3) is 0.350. The first kappa shape index (κ1) is 15.6. The van der Waals surface area contributed by atoms with E-state index in [-0.39, 0.29) is 11.2 Å². The van der Waals surface area contributed by atoms with Crippen LogP contribution in [-0.2, 0) is 17.6 Å². The van der Waals surface area contributed by atoms with Gasteiger partial charge in [-0.1, -0.05) is 36.4 Å². The summed E-state index contributed by atoms with van der Waals surface area (Å²) in [5, 5.41) is 3.16. The summed E-state index contributed by atoms with van der Waals surface area (Å²) >= 11 is 1.70. The van der Waals surface area contributed by atoms with Crippen molar-refractivity contribution in [1.29, 1.82) is 0 Å². The van der Waals surface area contributed by atoms with Gasteiger partial charge >= 0.3 is 0 Å². The Morgan fingerprint density at radius 2 is 1.92 bits per heavy atom. The molecule has 2 heterocycles. The molecule has 0 fully saturated rings. The van der Waals surface area contributed by atoms with Crippen molar-refractivity contribution in [2.24, 2.45) is 0 Å². The molecule has 3 nitrogen and oxygen atoms in total. The molecule has 1 N–H and O–H groups in total. The van der Waals surface area contributed by atoms with Crippen LogP contribution >= 0.6 is 11.8 Å². The van der Waals surface area contributed by atoms with Crippen molar-refractivity contribution in [1.82, 2.24) is 5.32 Å². The molecular weight excluding hydrogens is 316 g/mol. The Bertz CT molecular complexity index is 721. The lowest BCUT2D eigenvalue weighted by Gasteiger charge is -2.19. The van der Waals surface area contributed by atoms with Crippen molar-refractivity contribution in [2.45, 2.75) is 29.4 Å². The lowest BCUT2D eigenvalue weighted by molar-refractivity contribution is -0.120. The maximum atomic E-state index is 12.4. The zero-order valence-electron chi connectivity index (χ0n) is 13.7. The Morgan fingerprint density at radius 3 is 2.79 bits per heavy atom. The van der Waals surface area contributed by atoms with E-state index in [9.17, 15) is 4.79 Å². The molecule has 2 aromatic carbocycles. The average Bonchev–Trinajstić information content (AvgIpc) is 3.23. The van der Waals surface area contributed by atoms with E-state index in [1.165, 1.54) is 21.7 Å². The van der Waals surface area contributed by atoms with Crippen LogP contribution in [0.15, 0.2) is 53.4 Å². The number of hydrogen-bond donors (Lipinski definition) is 1. The normalized spacial score (nSPS) is 18.3. The predicted octanol–water partition coefficient (Wildman–Crippen LogP) is 3.27. The Balaban J connectivity index is 1.22. The Hall–Kier alpha value is -1.94. The van der Waals surface area contributed by atoms with Gasteiger partial charge in [0.15, 0.2) is 0 Å². The summed E-state index contributed by atoms with van der Waals surface area (Å²) < 4.78 is 0. The highest BCUT2D eigenvalue weighted by Crippen LogP contribution is 2.36. The third-order valence-electron chi connectivity index (χ3n) is 4.83. The van der Waals surface area contributed by atoms with Crippen LogP contribution in [-0.4, -0.2) is 30.8 Å². The summed E-state index contributed by atoms with van der Waals surface area (Å²) in [7, 11) is 0. The van der Waals surface area contributed by atoms with Crippen molar-refractivity contribution in [3.63, 3.8) is 0 Å². The second-order valence-corrected chi connectivity index (χ2v) is 7.67. The van der Waals surface area contributed by atoms with E-state index in [1.54, 1.807) is 11.8 Å². The second kappa shape index (κ2) is 6.89. The minimum Gasteiger partial charge on any atom is -0.371 e. The number of rotatable bonds is 5. The number of carbonyl (C=O) groups excluding carboxylic acids is 1. The lowest BCUT2D eigenvalue weighted by atomic mass is 10.1. The van der Waals surface area contributed by atoms with Crippen LogP contribution in [0.3, 0.4) is 0 Å². The number of nitrogens with one attached hydrogen (secondary N) is 1. The molecule has 1 amide bonds. The van der Waals surface area contributed by atoms with Crippen molar-refractivity contribution in [3.05, 3.63) is 59.7 Å². The van der Waals surface area contributed by atoms with Gasteiger partial charge in [-0.3, -0.25) is 4.79 Å². The summed E-state index contributed by atoms with van der Waals surface area (Å²) in [5.41, 5.74) is 4.11. The number of hydrogen-bond acceptors (Lipinski definition) is 3. The fourth-order valence-electron chi connectivity index (χ4n) is 3.56. The molecular formula is C20H22N2OS. The monoisotopic (exact) mass is 338 g/mol.